The Balaban J connectivity index is 1.42. The lowest BCUT2D eigenvalue weighted by Crippen LogP contribution is -2.62. The zero-order valence-electron chi connectivity index (χ0n) is 12.7. The number of aromatic nitrogens is 2. The Bertz CT molecular complexity index is 794. The highest BCUT2D eigenvalue weighted by molar-refractivity contribution is 6.03. The van der Waals surface area contributed by atoms with Crippen LogP contribution in [0.5, 0.6) is 0 Å². The fraction of sp³-hybridized carbons (Fsp3) is 0.250. The third-order valence-corrected chi connectivity index (χ3v) is 4.27. The first-order chi connectivity index (χ1) is 11.6. The summed E-state index contributed by atoms with van der Waals surface area (Å²) in [6, 6.07) is 10.6. The molecule has 0 unspecified atom stereocenters. The number of hydrogen-bond donors (Lipinski definition) is 2. The monoisotopic (exact) mass is 325 g/mol. The van der Waals surface area contributed by atoms with Crippen molar-refractivity contribution < 1.29 is 14.4 Å². The van der Waals surface area contributed by atoms with Crippen LogP contribution in [0, 0.1) is 0 Å². The molecule has 8 nitrogen and oxygen atoms in total. The van der Waals surface area contributed by atoms with E-state index < -0.39 is 0 Å². The second-order valence-electron chi connectivity index (χ2n) is 5.82. The quantitative estimate of drug-likeness (QED) is 0.801. The first-order valence-electron chi connectivity index (χ1n) is 7.63. The van der Waals surface area contributed by atoms with E-state index in [1.165, 1.54) is 4.90 Å². The van der Waals surface area contributed by atoms with Crippen LogP contribution in [0.25, 0.3) is 11.3 Å². The van der Waals surface area contributed by atoms with E-state index in [0.717, 1.165) is 5.56 Å². The molecule has 2 fully saturated rings. The van der Waals surface area contributed by atoms with E-state index in [0.29, 0.717) is 24.5 Å². The lowest BCUT2D eigenvalue weighted by atomic mass is 10.1. The summed E-state index contributed by atoms with van der Waals surface area (Å²) in [5.74, 6) is -0.432. The fourth-order valence-electron chi connectivity index (χ4n) is 2.95. The number of benzene rings is 1. The van der Waals surface area contributed by atoms with Crippen LogP contribution in [-0.4, -0.2) is 63.5 Å². The van der Waals surface area contributed by atoms with Crippen LogP contribution >= 0.6 is 0 Å². The molecule has 2 aromatic rings. The normalized spacial score (nSPS) is 17.8. The van der Waals surface area contributed by atoms with Gasteiger partial charge in [0.15, 0.2) is 0 Å². The number of amides is 4. The van der Waals surface area contributed by atoms with E-state index in [1.54, 1.807) is 11.0 Å². The number of H-pyrrole nitrogens is 1. The van der Waals surface area contributed by atoms with Crippen molar-refractivity contribution in [1.82, 2.24) is 25.3 Å². The Labute approximate surface area is 137 Å². The molecule has 4 amide bonds. The van der Waals surface area contributed by atoms with Gasteiger partial charge in [0.25, 0.3) is 5.91 Å². The Morgan fingerprint density at radius 3 is 2.58 bits per heavy atom. The fourth-order valence-corrected chi connectivity index (χ4v) is 2.95. The molecule has 0 bridgehead atoms. The molecule has 3 heterocycles. The van der Waals surface area contributed by atoms with Gasteiger partial charge in [-0.25, -0.2) is 4.79 Å². The van der Waals surface area contributed by atoms with Crippen molar-refractivity contribution in [3.63, 3.8) is 0 Å². The van der Waals surface area contributed by atoms with Gasteiger partial charge < -0.3 is 10.2 Å². The predicted molar refractivity (Wildman–Crippen MR) is 84.0 cm³/mol. The molecule has 122 valence electrons. The minimum Gasteiger partial charge on any atom is -0.333 e. The molecular weight excluding hydrogens is 310 g/mol. The van der Waals surface area contributed by atoms with E-state index in [1.807, 2.05) is 30.3 Å². The number of carbonyl (C=O) groups excluding carboxylic acids is 3. The second-order valence-corrected chi connectivity index (χ2v) is 5.82. The number of nitrogens with one attached hydrogen (secondary N) is 2. The van der Waals surface area contributed by atoms with Gasteiger partial charge in [-0.05, 0) is 6.07 Å². The third-order valence-electron chi connectivity index (χ3n) is 4.27. The maximum absolute atomic E-state index is 12.4. The van der Waals surface area contributed by atoms with Gasteiger partial charge in [0.2, 0.25) is 5.91 Å². The van der Waals surface area contributed by atoms with E-state index in [-0.39, 0.29) is 30.4 Å². The molecule has 0 atom stereocenters. The number of imide groups is 1. The van der Waals surface area contributed by atoms with Crippen molar-refractivity contribution >= 4 is 17.8 Å². The lowest BCUT2D eigenvalue weighted by molar-refractivity contribution is -0.128. The number of likely N-dealkylation sites (tertiary alicyclic amines) is 1. The zero-order chi connectivity index (χ0) is 16.7. The van der Waals surface area contributed by atoms with Gasteiger partial charge in [-0.2, -0.15) is 5.10 Å². The molecule has 0 radical (unpaired) electrons. The minimum atomic E-state index is -0.384. The summed E-state index contributed by atoms with van der Waals surface area (Å²) in [6.07, 6.45) is 0. The maximum Gasteiger partial charge on any atom is 0.324 e. The molecule has 0 aliphatic carbocycles. The second kappa shape index (κ2) is 5.48. The maximum atomic E-state index is 12.4. The van der Waals surface area contributed by atoms with Crippen LogP contribution in [0.15, 0.2) is 36.4 Å². The molecule has 2 aliphatic heterocycles. The van der Waals surface area contributed by atoms with Crippen molar-refractivity contribution in [1.29, 1.82) is 0 Å². The van der Waals surface area contributed by atoms with Gasteiger partial charge in [-0.1, -0.05) is 30.3 Å². The number of aromatic amines is 1. The van der Waals surface area contributed by atoms with E-state index in [4.69, 9.17) is 0 Å². The van der Waals surface area contributed by atoms with Gasteiger partial charge in [-0.3, -0.25) is 19.6 Å². The Kier molecular flexibility index (Phi) is 3.30. The molecule has 2 saturated heterocycles. The van der Waals surface area contributed by atoms with Crippen LogP contribution in [0.3, 0.4) is 0 Å². The molecular formula is C16H15N5O3. The summed E-state index contributed by atoms with van der Waals surface area (Å²) in [4.78, 5) is 38.5. The molecule has 4 rings (SSSR count). The zero-order valence-corrected chi connectivity index (χ0v) is 12.7. The molecule has 1 aromatic carbocycles. The molecule has 0 saturated carbocycles. The van der Waals surface area contributed by atoms with Crippen molar-refractivity contribution in [3.05, 3.63) is 42.1 Å². The van der Waals surface area contributed by atoms with Crippen molar-refractivity contribution in [3.8, 4) is 11.3 Å². The van der Waals surface area contributed by atoms with Gasteiger partial charge >= 0.3 is 6.03 Å². The minimum absolute atomic E-state index is 0.0320. The molecule has 2 aliphatic rings. The van der Waals surface area contributed by atoms with Gasteiger partial charge in [0.05, 0.1) is 18.3 Å². The van der Waals surface area contributed by atoms with Crippen LogP contribution in [0.2, 0.25) is 0 Å². The van der Waals surface area contributed by atoms with Crippen molar-refractivity contribution in [2.45, 2.75) is 6.04 Å². The largest absolute Gasteiger partial charge is 0.333 e. The summed E-state index contributed by atoms with van der Waals surface area (Å²) in [7, 11) is 0. The Morgan fingerprint density at radius 1 is 1.17 bits per heavy atom. The Hall–Kier alpha value is -3.16. The first-order valence-corrected chi connectivity index (χ1v) is 7.63. The first kappa shape index (κ1) is 14.4. The molecule has 8 heteroatoms. The number of nitrogens with zero attached hydrogens (tertiary/aromatic N) is 3. The average molecular weight is 325 g/mol. The van der Waals surface area contributed by atoms with E-state index in [2.05, 4.69) is 15.5 Å². The Morgan fingerprint density at radius 2 is 1.92 bits per heavy atom. The summed E-state index contributed by atoms with van der Waals surface area (Å²) < 4.78 is 0. The molecule has 24 heavy (non-hydrogen) atoms. The lowest BCUT2D eigenvalue weighted by Gasteiger charge is -2.42. The van der Waals surface area contributed by atoms with Crippen LogP contribution in [0.4, 0.5) is 4.79 Å². The number of carbonyl (C=O) groups is 3. The molecule has 2 N–H and O–H groups in total. The summed E-state index contributed by atoms with van der Waals surface area (Å²) in [5.41, 5.74) is 2.02. The number of rotatable bonds is 3. The average Bonchev–Trinajstić information content (AvgIpc) is 3.16. The van der Waals surface area contributed by atoms with Crippen LogP contribution in [0.1, 0.15) is 10.5 Å². The van der Waals surface area contributed by atoms with Crippen LogP contribution in [-0.2, 0) is 4.79 Å². The highest BCUT2D eigenvalue weighted by Crippen LogP contribution is 2.22. The molecule has 0 spiro atoms. The third kappa shape index (κ3) is 2.32. The van der Waals surface area contributed by atoms with Crippen LogP contribution < -0.4 is 5.32 Å². The van der Waals surface area contributed by atoms with E-state index >= 15 is 0 Å². The van der Waals surface area contributed by atoms with E-state index in [9.17, 15) is 14.4 Å². The summed E-state index contributed by atoms with van der Waals surface area (Å²) in [6.45, 7) is 0.722. The summed E-state index contributed by atoms with van der Waals surface area (Å²) in [5, 5.41) is 9.41. The predicted octanol–water partition coefficient (Wildman–Crippen LogP) is 0.453. The van der Waals surface area contributed by atoms with Gasteiger partial charge in [0, 0.05) is 18.7 Å². The smallest absolute Gasteiger partial charge is 0.324 e. The standard InChI is InChI=1S/C16H15N5O3/c22-14-7-17-16(24)21(14)11-8-20(9-11)15(23)13-6-12(18-19-13)10-4-2-1-3-5-10/h1-6,11H,7-9H2,(H,17,24)(H,18,19). The topological polar surface area (TPSA) is 98.4 Å². The van der Waals surface area contributed by atoms with Gasteiger partial charge in [-0.15, -0.1) is 0 Å². The number of urea groups is 1. The van der Waals surface area contributed by atoms with Crippen molar-refractivity contribution in [2.24, 2.45) is 0 Å². The number of hydrogen-bond acceptors (Lipinski definition) is 4. The SMILES string of the molecule is O=C(c1cc(-c2ccccc2)n[nH]1)N1CC(N2C(=O)CNC2=O)C1. The van der Waals surface area contributed by atoms with Crippen molar-refractivity contribution in [2.75, 3.05) is 19.6 Å². The molecule has 1 aromatic heterocycles. The van der Waals surface area contributed by atoms with Gasteiger partial charge in [0.1, 0.15) is 5.69 Å². The highest BCUT2D eigenvalue weighted by Gasteiger charge is 2.43. The highest BCUT2D eigenvalue weighted by atomic mass is 16.2. The summed E-state index contributed by atoms with van der Waals surface area (Å²) >= 11 is 0.